The molecule has 1 aromatic heterocycles. The van der Waals surface area contributed by atoms with E-state index in [1.165, 1.54) is 12.1 Å². The van der Waals surface area contributed by atoms with Crippen LogP contribution < -0.4 is 10.2 Å². The Bertz CT molecular complexity index is 1360. The molecule has 4 aromatic rings. The van der Waals surface area contributed by atoms with Gasteiger partial charge in [-0.25, -0.2) is 4.39 Å². The Balaban J connectivity index is 1.67. The summed E-state index contributed by atoms with van der Waals surface area (Å²) in [5.74, 6) is 0.0353. The van der Waals surface area contributed by atoms with Gasteiger partial charge in [0, 0.05) is 6.54 Å². The van der Waals surface area contributed by atoms with Gasteiger partial charge in [0.05, 0.1) is 23.6 Å². The number of hydrogen-bond acceptors (Lipinski definition) is 4. The average molecular weight is 429 g/mol. The molecule has 0 bridgehead atoms. The van der Waals surface area contributed by atoms with Crippen LogP contribution in [0, 0.1) is 5.82 Å². The third-order valence-electron chi connectivity index (χ3n) is 5.65. The molecule has 1 atom stereocenters. The Hall–Kier alpha value is -3.93. The van der Waals surface area contributed by atoms with Crippen LogP contribution in [0.3, 0.4) is 0 Å². The molecule has 1 aliphatic heterocycles. The number of fused-ring (bicyclic) bond motifs is 2. The molecule has 2 heterocycles. The molecule has 1 unspecified atom stereocenters. The quantitative estimate of drug-likeness (QED) is 0.444. The summed E-state index contributed by atoms with van der Waals surface area (Å²) in [5, 5.41) is 0.429. The van der Waals surface area contributed by atoms with Gasteiger partial charge in [-0.3, -0.25) is 9.59 Å². The largest absolute Gasteiger partial charge is 0.494 e. The molecule has 0 radical (unpaired) electrons. The number of hydrogen-bond donors (Lipinski definition) is 0. The van der Waals surface area contributed by atoms with Gasteiger partial charge in [-0.2, -0.15) is 0 Å². The summed E-state index contributed by atoms with van der Waals surface area (Å²) in [5.41, 5.74) is 1.99. The molecular weight excluding hydrogens is 409 g/mol. The van der Waals surface area contributed by atoms with E-state index in [-0.39, 0.29) is 29.5 Å². The maximum Gasteiger partial charge on any atom is 0.291 e. The molecule has 6 heteroatoms. The van der Waals surface area contributed by atoms with Crippen molar-refractivity contribution < 1.29 is 18.3 Å². The van der Waals surface area contributed by atoms with E-state index in [0.717, 1.165) is 11.1 Å². The highest BCUT2D eigenvalue weighted by molar-refractivity contribution is 5.99. The van der Waals surface area contributed by atoms with Gasteiger partial charge in [0.1, 0.15) is 17.1 Å². The van der Waals surface area contributed by atoms with Gasteiger partial charge in [0.2, 0.25) is 5.76 Å². The maximum absolute atomic E-state index is 13.4. The number of rotatable bonds is 5. The second-order valence-electron chi connectivity index (χ2n) is 7.63. The third-order valence-corrected chi connectivity index (χ3v) is 5.65. The predicted molar refractivity (Wildman–Crippen MR) is 118 cm³/mol. The van der Waals surface area contributed by atoms with Gasteiger partial charge >= 0.3 is 0 Å². The lowest BCUT2D eigenvalue weighted by molar-refractivity contribution is 0.0714. The van der Waals surface area contributed by atoms with Gasteiger partial charge in [-0.15, -0.1) is 0 Å². The minimum atomic E-state index is -0.626. The molecule has 160 valence electrons. The zero-order valence-electron chi connectivity index (χ0n) is 17.4. The van der Waals surface area contributed by atoms with E-state index in [2.05, 4.69) is 0 Å². The van der Waals surface area contributed by atoms with Crippen LogP contribution in [0.1, 0.15) is 40.2 Å². The van der Waals surface area contributed by atoms with Crippen LogP contribution in [0.15, 0.2) is 82.0 Å². The van der Waals surface area contributed by atoms with Gasteiger partial charge in [-0.05, 0) is 54.4 Å². The molecule has 0 saturated carbocycles. The molecule has 0 spiro atoms. The number of ether oxygens (including phenoxy) is 1. The number of carbonyl (C=O) groups is 1. The van der Waals surface area contributed by atoms with Gasteiger partial charge in [-0.1, -0.05) is 36.4 Å². The van der Waals surface area contributed by atoms with Crippen molar-refractivity contribution >= 4 is 16.9 Å². The molecule has 0 N–H and O–H groups in total. The van der Waals surface area contributed by atoms with E-state index in [9.17, 15) is 14.0 Å². The molecule has 0 aliphatic carbocycles. The highest BCUT2D eigenvalue weighted by Gasteiger charge is 2.42. The van der Waals surface area contributed by atoms with E-state index in [1.54, 1.807) is 41.3 Å². The van der Waals surface area contributed by atoms with Crippen molar-refractivity contribution in [1.29, 1.82) is 0 Å². The van der Waals surface area contributed by atoms with Crippen LogP contribution in [0.2, 0.25) is 0 Å². The third kappa shape index (κ3) is 3.34. The molecule has 5 rings (SSSR count). The first-order valence-electron chi connectivity index (χ1n) is 10.4. The number of nitrogens with zero attached hydrogens (tertiary/aromatic N) is 1. The van der Waals surface area contributed by atoms with Crippen molar-refractivity contribution in [3.8, 4) is 5.75 Å². The Morgan fingerprint density at radius 2 is 1.69 bits per heavy atom. The standard InChI is InChI=1S/C26H20FNO4/c1-2-31-19-13-9-17(10-14-19)23-22-24(29)20-5-3-4-6-21(20)32-25(22)26(30)28(23)15-16-7-11-18(27)12-8-16/h3-14,23H,2,15H2,1H3. The molecular formula is C26H20FNO4. The van der Waals surface area contributed by atoms with E-state index in [0.29, 0.717) is 28.9 Å². The second kappa shape index (κ2) is 7.96. The topological polar surface area (TPSA) is 59.8 Å². The molecule has 1 amide bonds. The van der Waals surface area contributed by atoms with Crippen LogP contribution in [-0.4, -0.2) is 17.4 Å². The summed E-state index contributed by atoms with van der Waals surface area (Å²) in [7, 11) is 0. The fourth-order valence-corrected chi connectivity index (χ4v) is 4.18. The number of halogens is 1. The first kappa shape index (κ1) is 20.0. The van der Waals surface area contributed by atoms with Crippen molar-refractivity contribution in [3.63, 3.8) is 0 Å². The summed E-state index contributed by atoms with van der Waals surface area (Å²) >= 11 is 0. The zero-order valence-corrected chi connectivity index (χ0v) is 17.4. The molecule has 3 aromatic carbocycles. The monoisotopic (exact) mass is 429 g/mol. The van der Waals surface area contributed by atoms with Crippen LogP contribution >= 0.6 is 0 Å². The highest BCUT2D eigenvalue weighted by Crippen LogP contribution is 2.39. The fraction of sp³-hybridized carbons (Fsp3) is 0.154. The van der Waals surface area contributed by atoms with Crippen molar-refractivity contribution in [1.82, 2.24) is 4.90 Å². The smallest absolute Gasteiger partial charge is 0.291 e. The van der Waals surface area contributed by atoms with E-state index in [1.807, 2.05) is 31.2 Å². The number of para-hydroxylation sites is 1. The van der Waals surface area contributed by atoms with Crippen molar-refractivity contribution in [2.75, 3.05) is 6.61 Å². The summed E-state index contributed by atoms with van der Waals surface area (Å²) in [6.45, 7) is 2.65. The highest BCUT2D eigenvalue weighted by atomic mass is 19.1. The van der Waals surface area contributed by atoms with E-state index >= 15 is 0 Å². The Morgan fingerprint density at radius 1 is 0.969 bits per heavy atom. The summed E-state index contributed by atoms with van der Waals surface area (Å²) in [4.78, 5) is 28.5. The zero-order chi connectivity index (χ0) is 22.2. The van der Waals surface area contributed by atoms with Crippen LogP contribution in [0.25, 0.3) is 11.0 Å². The first-order valence-corrected chi connectivity index (χ1v) is 10.4. The maximum atomic E-state index is 13.4. The molecule has 0 fully saturated rings. The Morgan fingerprint density at radius 3 is 2.41 bits per heavy atom. The van der Waals surface area contributed by atoms with Gasteiger partial charge in [0.25, 0.3) is 5.91 Å². The Labute approximate surface area is 183 Å². The summed E-state index contributed by atoms with van der Waals surface area (Å²) in [6, 6.07) is 19.6. The normalized spacial score (nSPS) is 15.2. The van der Waals surface area contributed by atoms with Crippen molar-refractivity contribution in [2.45, 2.75) is 19.5 Å². The predicted octanol–water partition coefficient (Wildman–Crippen LogP) is 5.08. The molecule has 32 heavy (non-hydrogen) atoms. The van der Waals surface area contributed by atoms with E-state index in [4.69, 9.17) is 9.15 Å². The summed E-state index contributed by atoms with van der Waals surface area (Å²) < 4.78 is 24.9. The van der Waals surface area contributed by atoms with Gasteiger partial charge in [0.15, 0.2) is 5.43 Å². The molecule has 1 aliphatic rings. The molecule has 0 saturated heterocycles. The first-order chi connectivity index (χ1) is 15.6. The average Bonchev–Trinajstić information content (AvgIpc) is 3.08. The van der Waals surface area contributed by atoms with Crippen LogP contribution in [-0.2, 0) is 6.54 Å². The second-order valence-corrected chi connectivity index (χ2v) is 7.63. The van der Waals surface area contributed by atoms with Crippen LogP contribution in [0.5, 0.6) is 5.75 Å². The SMILES string of the molecule is CCOc1ccc(C2c3c(oc4ccccc4c3=O)C(=O)N2Cc2ccc(F)cc2)cc1. The Kier molecular flexibility index (Phi) is 4.98. The molecule has 5 nitrogen and oxygen atoms in total. The number of benzene rings is 3. The lowest BCUT2D eigenvalue weighted by atomic mass is 9.98. The summed E-state index contributed by atoms with van der Waals surface area (Å²) in [6.07, 6.45) is 0. The minimum absolute atomic E-state index is 0.0506. The van der Waals surface area contributed by atoms with Crippen molar-refractivity contribution in [3.05, 3.63) is 111 Å². The number of amides is 1. The van der Waals surface area contributed by atoms with Crippen LogP contribution in [0.4, 0.5) is 4.39 Å². The fourth-order valence-electron chi connectivity index (χ4n) is 4.18. The van der Waals surface area contributed by atoms with Gasteiger partial charge < -0.3 is 14.1 Å². The van der Waals surface area contributed by atoms with E-state index < -0.39 is 6.04 Å². The lowest BCUT2D eigenvalue weighted by Gasteiger charge is -2.25. The lowest BCUT2D eigenvalue weighted by Crippen LogP contribution is -2.29. The minimum Gasteiger partial charge on any atom is -0.494 e. The van der Waals surface area contributed by atoms with Crippen molar-refractivity contribution in [2.24, 2.45) is 0 Å². The number of carbonyl (C=O) groups excluding carboxylic acids is 1.